The fourth-order valence-corrected chi connectivity index (χ4v) is 5.05. The first-order valence-corrected chi connectivity index (χ1v) is 11.8. The lowest BCUT2D eigenvalue weighted by Crippen LogP contribution is -2.45. The van der Waals surface area contributed by atoms with Crippen molar-refractivity contribution in [2.24, 2.45) is 4.99 Å². The lowest BCUT2D eigenvalue weighted by molar-refractivity contribution is 0.245. The Bertz CT molecular complexity index is 699. The monoisotopic (exact) mass is 409 g/mol. The molecule has 1 fully saturated rings. The topological polar surface area (TPSA) is 77.0 Å². The molecule has 28 heavy (non-hydrogen) atoms. The first kappa shape index (κ1) is 22.6. The zero-order valence-electron chi connectivity index (χ0n) is 17.4. The van der Waals surface area contributed by atoms with Gasteiger partial charge in [-0.2, -0.15) is 0 Å². The second-order valence-corrected chi connectivity index (χ2v) is 9.04. The highest BCUT2D eigenvalue weighted by Crippen LogP contribution is 2.24. The van der Waals surface area contributed by atoms with E-state index in [1.54, 1.807) is 7.05 Å². The SMILES string of the molecule is CCN(CC)S(=O)(=O)CCNC(=NC)NCC(c1ccccc1)N1CCCC1. The van der Waals surface area contributed by atoms with Crippen molar-refractivity contribution in [3.8, 4) is 0 Å². The van der Waals surface area contributed by atoms with E-state index in [-0.39, 0.29) is 11.8 Å². The van der Waals surface area contributed by atoms with Gasteiger partial charge in [-0.1, -0.05) is 44.2 Å². The summed E-state index contributed by atoms with van der Waals surface area (Å²) in [7, 11) is -1.52. The van der Waals surface area contributed by atoms with Crippen molar-refractivity contribution < 1.29 is 8.42 Å². The molecule has 1 aromatic carbocycles. The van der Waals surface area contributed by atoms with E-state index in [2.05, 4.69) is 44.8 Å². The Morgan fingerprint density at radius 2 is 1.79 bits per heavy atom. The number of benzene rings is 1. The summed E-state index contributed by atoms with van der Waals surface area (Å²) in [4.78, 5) is 6.75. The Morgan fingerprint density at radius 1 is 1.14 bits per heavy atom. The number of guanidine groups is 1. The average Bonchev–Trinajstić information content (AvgIpc) is 3.22. The number of likely N-dealkylation sites (tertiary alicyclic amines) is 1. The van der Waals surface area contributed by atoms with Gasteiger partial charge in [-0.15, -0.1) is 0 Å². The minimum Gasteiger partial charge on any atom is -0.355 e. The fourth-order valence-electron chi connectivity index (χ4n) is 3.64. The molecule has 158 valence electrons. The largest absolute Gasteiger partial charge is 0.355 e. The lowest BCUT2D eigenvalue weighted by atomic mass is 10.1. The lowest BCUT2D eigenvalue weighted by Gasteiger charge is -2.29. The van der Waals surface area contributed by atoms with Crippen LogP contribution in [-0.4, -0.2) is 75.7 Å². The molecule has 1 unspecified atom stereocenters. The van der Waals surface area contributed by atoms with Gasteiger partial charge in [-0.3, -0.25) is 9.89 Å². The van der Waals surface area contributed by atoms with E-state index >= 15 is 0 Å². The summed E-state index contributed by atoms with van der Waals surface area (Å²) in [5, 5.41) is 6.52. The van der Waals surface area contributed by atoms with Gasteiger partial charge in [0, 0.05) is 33.2 Å². The first-order valence-electron chi connectivity index (χ1n) is 10.2. The Kier molecular flexibility index (Phi) is 9.21. The van der Waals surface area contributed by atoms with Crippen LogP contribution < -0.4 is 10.6 Å². The van der Waals surface area contributed by atoms with Crippen LogP contribution in [0.25, 0.3) is 0 Å². The third-order valence-corrected chi connectivity index (χ3v) is 7.23. The summed E-state index contributed by atoms with van der Waals surface area (Å²) in [5.74, 6) is 0.693. The molecule has 0 saturated carbocycles. The molecule has 8 heteroatoms. The number of hydrogen-bond acceptors (Lipinski definition) is 4. The molecular weight excluding hydrogens is 374 g/mol. The molecule has 0 spiro atoms. The standard InChI is InChI=1S/C20H35N5O2S/c1-4-25(5-2)28(26,27)16-13-22-20(21-3)23-17-19(24-14-9-10-15-24)18-11-7-6-8-12-18/h6-8,11-12,19H,4-5,9-10,13-17H2,1-3H3,(H2,21,22,23). The zero-order chi connectivity index (χ0) is 20.4. The molecule has 2 N–H and O–H groups in total. The van der Waals surface area contributed by atoms with E-state index in [1.807, 2.05) is 19.9 Å². The molecular formula is C20H35N5O2S. The van der Waals surface area contributed by atoms with Crippen LogP contribution in [0.5, 0.6) is 0 Å². The molecule has 0 radical (unpaired) electrons. The highest BCUT2D eigenvalue weighted by atomic mass is 32.2. The highest BCUT2D eigenvalue weighted by molar-refractivity contribution is 7.89. The molecule has 7 nitrogen and oxygen atoms in total. The van der Waals surface area contributed by atoms with Crippen LogP contribution in [-0.2, 0) is 10.0 Å². The van der Waals surface area contributed by atoms with Gasteiger partial charge in [0.15, 0.2) is 5.96 Å². The highest BCUT2D eigenvalue weighted by Gasteiger charge is 2.23. The van der Waals surface area contributed by atoms with Crippen molar-refractivity contribution >= 4 is 16.0 Å². The average molecular weight is 410 g/mol. The smallest absolute Gasteiger partial charge is 0.215 e. The summed E-state index contributed by atoms with van der Waals surface area (Å²) < 4.78 is 26.1. The van der Waals surface area contributed by atoms with Gasteiger partial charge in [-0.25, -0.2) is 12.7 Å². The fraction of sp³-hybridized carbons (Fsp3) is 0.650. The zero-order valence-corrected chi connectivity index (χ0v) is 18.2. The Hall–Kier alpha value is -1.64. The van der Waals surface area contributed by atoms with E-state index in [0.717, 1.165) is 19.6 Å². The Morgan fingerprint density at radius 3 is 2.36 bits per heavy atom. The maximum atomic E-state index is 12.3. The van der Waals surface area contributed by atoms with Crippen molar-refractivity contribution in [2.45, 2.75) is 32.7 Å². The molecule has 0 amide bonds. The number of nitrogens with zero attached hydrogens (tertiary/aromatic N) is 3. The Balaban J connectivity index is 1.90. The maximum absolute atomic E-state index is 12.3. The van der Waals surface area contributed by atoms with Crippen molar-refractivity contribution in [1.82, 2.24) is 19.8 Å². The summed E-state index contributed by atoms with van der Waals surface area (Å²) in [5.41, 5.74) is 1.29. The van der Waals surface area contributed by atoms with E-state index in [0.29, 0.717) is 25.6 Å². The van der Waals surface area contributed by atoms with Crippen LogP contribution in [0.15, 0.2) is 35.3 Å². The predicted octanol–water partition coefficient (Wildman–Crippen LogP) is 1.66. The van der Waals surface area contributed by atoms with Crippen LogP contribution in [0, 0.1) is 0 Å². The van der Waals surface area contributed by atoms with E-state index in [4.69, 9.17) is 0 Å². The van der Waals surface area contributed by atoms with Gasteiger partial charge in [0.05, 0.1) is 11.8 Å². The van der Waals surface area contributed by atoms with Gasteiger partial charge in [-0.05, 0) is 31.5 Å². The molecule has 1 atom stereocenters. The molecule has 1 heterocycles. The van der Waals surface area contributed by atoms with Crippen molar-refractivity contribution in [3.05, 3.63) is 35.9 Å². The number of nitrogens with one attached hydrogen (secondary N) is 2. The predicted molar refractivity (Wildman–Crippen MR) is 116 cm³/mol. The second-order valence-electron chi connectivity index (χ2n) is 6.95. The molecule has 1 aliphatic heterocycles. The van der Waals surface area contributed by atoms with Crippen LogP contribution in [0.1, 0.15) is 38.3 Å². The van der Waals surface area contributed by atoms with Crippen LogP contribution >= 0.6 is 0 Å². The molecule has 1 saturated heterocycles. The van der Waals surface area contributed by atoms with Crippen molar-refractivity contribution in [1.29, 1.82) is 0 Å². The summed E-state index contributed by atoms with van der Waals surface area (Å²) in [6.07, 6.45) is 2.47. The van der Waals surface area contributed by atoms with Gasteiger partial charge in [0.2, 0.25) is 10.0 Å². The molecule has 1 aromatic rings. The van der Waals surface area contributed by atoms with Crippen LogP contribution in [0.2, 0.25) is 0 Å². The third-order valence-electron chi connectivity index (χ3n) is 5.20. The first-order chi connectivity index (χ1) is 13.5. The number of aliphatic imine (C=N–C) groups is 1. The second kappa shape index (κ2) is 11.4. The molecule has 0 aromatic heterocycles. The maximum Gasteiger partial charge on any atom is 0.215 e. The Labute approximate surface area is 170 Å². The number of hydrogen-bond donors (Lipinski definition) is 2. The number of rotatable bonds is 10. The van der Waals surface area contributed by atoms with Gasteiger partial charge >= 0.3 is 0 Å². The van der Waals surface area contributed by atoms with Crippen LogP contribution in [0.4, 0.5) is 0 Å². The van der Waals surface area contributed by atoms with E-state index in [1.165, 1.54) is 22.7 Å². The molecule has 0 aliphatic carbocycles. The number of sulfonamides is 1. The molecule has 2 rings (SSSR count). The summed E-state index contributed by atoms with van der Waals surface area (Å²) in [6, 6.07) is 10.8. The molecule has 0 bridgehead atoms. The normalized spacial score (nSPS) is 17.1. The quantitative estimate of drug-likeness (QED) is 0.454. The van der Waals surface area contributed by atoms with E-state index in [9.17, 15) is 8.42 Å². The summed E-state index contributed by atoms with van der Waals surface area (Å²) >= 11 is 0. The summed E-state index contributed by atoms with van der Waals surface area (Å²) in [6.45, 7) is 7.99. The third kappa shape index (κ3) is 6.46. The molecule has 1 aliphatic rings. The van der Waals surface area contributed by atoms with E-state index < -0.39 is 10.0 Å². The van der Waals surface area contributed by atoms with Crippen molar-refractivity contribution in [3.63, 3.8) is 0 Å². The van der Waals surface area contributed by atoms with Crippen molar-refractivity contribution in [2.75, 3.05) is 52.1 Å². The van der Waals surface area contributed by atoms with Crippen LogP contribution in [0.3, 0.4) is 0 Å². The van der Waals surface area contributed by atoms with Gasteiger partial charge < -0.3 is 10.6 Å². The minimum atomic E-state index is -3.23. The minimum absolute atomic E-state index is 0.0591. The van der Waals surface area contributed by atoms with Gasteiger partial charge in [0.1, 0.15) is 0 Å². The van der Waals surface area contributed by atoms with Gasteiger partial charge in [0.25, 0.3) is 0 Å².